The quantitative estimate of drug-likeness (QED) is 0.170. The predicted molar refractivity (Wildman–Crippen MR) is 193 cm³/mol. The highest BCUT2D eigenvalue weighted by atomic mass is 32.3. The van der Waals surface area contributed by atoms with E-state index in [4.69, 9.17) is 4.74 Å². The van der Waals surface area contributed by atoms with Crippen LogP contribution in [0.4, 0.5) is 13.6 Å². The molecule has 0 saturated carbocycles. The molecule has 0 aromatic heterocycles. The molecule has 1 heterocycles. The van der Waals surface area contributed by atoms with Gasteiger partial charge < -0.3 is 30.9 Å². The fourth-order valence-corrected chi connectivity index (χ4v) is 6.18. The van der Waals surface area contributed by atoms with Crippen molar-refractivity contribution in [1.29, 1.82) is 0 Å². The summed E-state index contributed by atoms with van der Waals surface area (Å²) >= 11 is 0. The van der Waals surface area contributed by atoms with Gasteiger partial charge in [0.15, 0.2) is 6.26 Å². The second-order valence-corrected chi connectivity index (χ2v) is 18.0. The van der Waals surface area contributed by atoms with E-state index in [0.717, 1.165) is 0 Å². The van der Waals surface area contributed by atoms with E-state index in [9.17, 15) is 36.7 Å². The summed E-state index contributed by atoms with van der Waals surface area (Å²) in [5.41, 5.74) is -0.750. The third-order valence-electron chi connectivity index (χ3n) is 9.31. The zero-order valence-corrected chi connectivity index (χ0v) is 32.7. The molecule has 1 aromatic rings. The molecular weight excluding hydrogens is 686 g/mol. The number of carbonyl (C=O) groups is 4. The van der Waals surface area contributed by atoms with Gasteiger partial charge in [-0.2, -0.15) is 4.55 Å². The lowest BCUT2D eigenvalue weighted by atomic mass is 9.85. The summed E-state index contributed by atoms with van der Waals surface area (Å²) in [7, 11) is -0.347. The van der Waals surface area contributed by atoms with Crippen LogP contribution in [0.25, 0.3) is 0 Å². The van der Waals surface area contributed by atoms with Gasteiger partial charge in [0.1, 0.15) is 23.9 Å². The van der Waals surface area contributed by atoms with E-state index < -0.39 is 82.0 Å². The molecule has 1 aliphatic rings. The second kappa shape index (κ2) is 17.9. The Labute approximate surface area is 302 Å². The Hall–Kier alpha value is -3.37. The number of nitrogens with zero attached hydrogens (tertiary/aromatic N) is 2. The number of carbonyl (C=O) groups excluding carboxylic acids is 4. The average Bonchev–Trinajstić information content (AvgIpc) is 3.46. The van der Waals surface area contributed by atoms with Gasteiger partial charge in [0.05, 0.1) is 19.7 Å². The van der Waals surface area contributed by atoms with Crippen LogP contribution in [0.3, 0.4) is 0 Å². The number of hydrogen-bond donors (Lipinski definition) is 5. The Morgan fingerprint density at radius 3 is 2.16 bits per heavy atom. The molecule has 5 amide bonds. The Balaban J connectivity index is 2.33. The highest BCUT2D eigenvalue weighted by molar-refractivity contribution is 7.94. The van der Waals surface area contributed by atoms with Crippen molar-refractivity contribution in [3.63, 3.8) is 0 Å². The largest absolute Gasteiger partial charge is 0.496 e. The van der Waals surface area contributed by atoms with Gasteiger partial charge in [-0.15, -0.1) is 0 Å². The minimum atomic E-state index is -3.29. The Kier molecular flexibility index (Phi) is 15.4. The summed E-state index contributed by atoms with van der Waals surface area (Å²) in [6.45, 7) is 15.0. The average molecular weight is 746 g/mol. The molecule has 5 N–H and O–H groups in total. The topological polar surface area (TPSA) is 169 Å². The van der Waals surface area contributed by atoms with Gasteiger partial charge in [0, 0.05) is 32.1 Å². The minimum absolute atomic E-state index is 0.0212. The summed E-state index contributed by atoms with van der Waals surface area (Å²) in [5, 5.41) is 10.7. The number of methoxy groups -OCH3 is 1. The fraction of sp³-hybridized carbons (Fsp3) is 0.714. The number of ether oxygens (including phenoxy) is 1. The van der Waals surface area contributed by atoms with E-state index in [1.807, 2.05) is 34.6 Å². The lowest BCUT2D eigenvalue weighted by Gasteiger charge is -2.37. The molecular formula is C35H59F2N6O7S+. The number of rotatable bonds is 15. The number of para-hydroxylation sites is 1. The molecule has 13 nitrogen and oxygen atoms in total. The maximum absolute atomic E-state index is 14.3. The van der Waals surface area contributed by atoms with Gasteiger partial charge in [-0.25, -0.2) is 13.6 Å². The highest BCUT2D eigenvalue weighted by Crippen LogP contribution is 2.32. The minimum Gasteiger partial charge on any atom is -0.496 e. The number of hydrogen-bond acceptors (Lipinski definition) is 6. The Morgan fingerprint density at radius 2 is 1.65 bits per heavy atom. The van der Waals surface area contributed by atoms with Crippen molar-refractivity contribution in [3.8, 4) is 5.75 Å². The Bertz CT molecular complexity index is 1410. The molecule has 16 heteroatoms. The number of nitrogens with one attached hydrogen (secondary N) is 4. The third kappa shape index (κ3) is 13.0. The number of amides is 5. The van der Waals surface area contributed by atoms with Crippen molar-refractivity contribution in [1.82, 2.24) is 30.5 Å². The Morgan fingerprint density at radius 1 is 1.04 bits per heavy atom. The molecule has 2 rings (SSSR count). The first-order chi connectivity index (χ1) is 23.4. The van der Waals surface area contributed by atoms with Crippen LogP contribution in [0.15, 0.2) is 24.3 Å². The summed E-state index contributed by atoms with van der Waals surface area (Å²) in [5.74, 6) is -1.65. The number of benzene rings is 1. The maximum Gasteiger partial charge on any atom is 0.315 e. The molecule has 0 spiro atoms. The van der Waals surface area contributed by atoms with Crippen molar-refractivity contribution >= 4 is 34.2 Å². The van der Waals surface area contributed by atoms with E-state index >= 15 is 0 Å². The molecule has 0 radical (unpaired) electrons. The number of alkyl halides is 2. The molecule has 0 bridgehead atoms. The van der Waals surface area contributed by atoms with Crippen LogP contribution in [0.5, 0.6) is 5.75 Å². The smallest absolute Gasteiger partial charge is 0.315 e. The molecule has 1 fully saturated rings. The zero-order valence-electron chi connectivity index (χ0n) is 31.8. The van der Waals surface area contributed by atoms with Crippen LogP contribution < -0.4 is 26.0 Å². The van der Waals surface area contributed by atoms with Gasteiger partial charge in [-0.1, -0.05) is 77.9 Å². The summed E-state index contributed by atoms with van der Waals surface area (Å²) in [6, 6.07) is 1.85. The van der Waals surface area contributed by atoms with Crippen molar-refractivity contribution in [3.05, 3.63) is 29.8 Å². The molecule has 1 aromatic carbocycles. The number of urea groups is 1. The second-order valence-electron chi connectivity index (χ2n) is 15.9. The normalized spacial score (nSPS) is 19.7. The molecule has 290 valence electrons. The summed E-state index contributed by atoms with van der Waals surface area (Å²) < 4.78 is 56.1. The predicted octanol–water partition coefficient (Wildman–Crippen LogP) is 3.90. The molecule has 51 heavy (non-hydrogen) atoms. The van der Waals surface area contributed by atoms with Crippen LogP contribution in [0.2, 0.25) is 0 Å². The molecule has 0 aliphatic carbocycles. The van der Waals surface area contributed by atoms with E-state index in [1.54, 1.807) is 45.0 Å². The SMILES string of the molecule is COc1ccccc1CNC(=O)[C@H](CC(F)F)NC(=O)[C@@H]1CC(C(C)C)CN1C(=O)[C@@H](NC(=O)N[C@H](CN(C)[S+](C)(=O)O)C(C)(C)C)C(C)(C)C. The van der Waals surface area contributed by atoms with Crippen LogP contribution in [-0.4, -0.2) is 102 Å². The van der Waals surface area contributed by atoms with Gasteiger partial charge in [0.2, 0.25) is 24.1 Å². The number of halogens is 2. The third-order valence-corrected chi connectivity index (χ3v) is 10.6. The standard InChI is InChI=1S/C35H58F2N6O7S/c1-21(2)23-16-25(31(45)39-24(17-28(36)37)30(44)38-18-22-14-12-13-15-26(22)50-10)43(19-23)32(46)29(35(6,7)8)41-33(47)40-27(34(3,4)5)20-42(9)51(11,48)49/h12-15,21,23-25,27-29H,16-20H2,1-11H3,(H4-,38,39,40,41,44,45,47,48,49)/p+1/t23?,24-,25-,27+,29+/m0/s1. The van der Waals surface area contributed by atoms with E-state index in [-0.39, 0.29) is 37.9 Å². The summed E-state index contributed by atoms with van der Waals surface area (Å²) in [4.78, 5) is 56.2. The lowest BCUT2D eigenvalue weighted by molar-refractivity contribution is -0.142. The first-order valence-electron chi connectivity index (χ1n) is 17.1. The van der Waals surface area contributed by atoms with Crippen molar-refractivity contribution in [2.75, 3.05) is 33.5 Å². The molecule has 6 atom stereocenters. The van der Waals surface area contributed by atoms with Crippen LogP contribution >= 0.6 is 0 Å². The lowest BCUT2D eigenvalue weighted by Crippen LogP contribution is -2.62. The number of likely N-dealkylation sites (tertiary alicyclic amines) is 1. The maximum atomic E-state index is 14.3. The van der Waals surface area contributed by atoms with Crippen LogP contribution in [0.1, 0.15) is 73.8 Å². The van der Waals surface area contributed by atoms with Gasteiger partial charge in [0.25, 0.3) is 10.4 Å². The van der Waals surface area contributed by atoms with E-state index in [0.29, 0.717) is 11.3 Å². The molecule has 1 saturated heterocycles. The fourth-order valence-electron chi connectivity index (χ4n) is 5.75. The van der Waals surface area contributed by atoms with E-state index in [1.165, 1.54) is 29.6 Å². The van der Waals surface area contributed by atoms with Crippen molar-refractivity contribution in [2.24, 2.45) is 22.7 Å². The molecule has 2 unspecified atom stereocenters. The van der Waals surface area contributed by atoms with E-state index in [2.05, 4.69) is 21.3 Å². The monoisotopic (exact) mass is 745 g/mol. The van der Waals surface area contributed by atoms with Crippen LogP contribution in [-0.2, 0) is 35.5 Å². The first kappa shape index (κ1) is 43.8. The number of likely N-dealkylation sites (N-methyl/N-ethyl adjacent to an activating group) is 1. The van der Waals surface area contributed by atoms with Gasteiger partial charge in [-0.3, -0.25) is 14.4 Å². The van der Waals surface area contributed by atoms with Crippen LogP contribution in [0, 0.1) is 22.7 Å². The van der Waals surface area contributed by atoms with Gasteiger partial charge in [-0.05, 0) is 39.4 Å². The zero-order chi connectivity index (χ0) is 39.1. The van der Waals surface area contributed by atoms with Gasteiger partial charge >= 0.3 is 6.03 Å². The molecule has 1 aliphatic heterocycles. The summed E-state index contributed by atoms with van der Waals surface area (Å²) in [6.07, 6.45) is -2.42. The van der Waals surface area contributed by atoms with Crippen molar-refractivity contribution in [2.45, 2.75) is 105 Å². The van der Waals surface area contributed by atoms with Crippen molar-refractivity contribution < 1.29 is 41.5 Å². The highest BCUT2D eigenvalue weighted by Gasteiger charge is 2.46. The first-order valence-corrected chi connectivity index (χ1v) is 19.0.